The van der Waals surface area contributed by atoms with Gasteiger partial charge in [-0.3, -0.25) is 9.59 Å². The number of rotatable bonds is 9. The summed E-state index contributed by atoms with van der Waals surface area (Å²) in [5, 5.41) is 11.3. The highest BCUT2D eigenvalue weighted by molar-refractivity contribution is 5.94. The number of pyridine rings is 1. The lowest BCUT2D eigenvalue weighted by atomic mass is 10.2. The monoisotopic (exact) mass is 396 g/mol. The van der Waals surface area contributed by atoms with Crippen LogP contribution in [0.5, 0.6) is 11.6 Å². The molecule has 2 rings (SSSR count). The number of carbonyl (C=O) groups excluding carboxylic acids is 1. The zero-order chi connectivity index (χ0) is 20.6. The van der Waals surface area contributed by atoms with E-state index < -0.39 is 17.7 Å². The van der Waals surface area contributed by atoms with Gasteiger partial charge in [-0.15, -0.1) is 0 Å². The smallest absolute Gasteiger partial charge is 0.417 e. The van der Waals surface area contributed by atoms with Crippen LogP contribution in [-0.2, 0) is 11.0 Å². The molecule has 0 unspecified atom stereocenters. The number of carboxylic acid groups (broad SMARTS) is 1. The van der Waals surface area contributed by atoms with E-state index in [9.17, 15) is 22.8 Å². The fourth-order valence-corrected chi connectivity index (χ4v) is 2.29. The molecule has 2 N–H and O–H groups in total. The fraction of sp³-hybridized carbons (Fsp3) is 0.316. The predicted molar refractivity (Wildman–Crippen MR) is 94.2 cm³/mol. The summed E-state index contributed by atoms with van der Waals surface area (Å²) in [6.07, 6.45) is -1.71. The lowest BCUT2D eigenvalue weighted by molar-refractivity contribution is -0.138. The van der Waals surface area contributed by atoms with Crippen molar-refractivity contribution in [1.29, 1.82) is 0 Å². The Bertz CT molecular complexity index is 790. The van der Waals surface area contributed by atoms with Crippen LogP contribution in [0.4, 0.5) is 13.2 Å². The first-order valence-electron chi connectivity index (χ1n) is 8.57. The minimum atomic E-state index is -4.46. The van der Waals surface area contributed by atoms with Gasteiger partial charge in [-0.25, -0.2) is 4.98 Å². The zero-order valence-corrected chi connectivity index (χ0v) is 14.8. The molecule has 0 atom stereocenters. The molecule has 1 heterocycles. The Morgan fingerprint density at radius 2 is 1.75 bits per heavy atom. The summed E-state index contributed by atoms with van der Waals surface area (Å²) in [7, 11) is 0. The molecule has 6 nitrogen and oxygen atoms in total. The number of hydrogen-bond donors (Lipinski definition) is 2. The SMILES string of the molecule is O=C(O)CCCCCNC(=O)c1ccc(Oc2ccc(C(F)(F)F)cn2)cc1. The third-order valence-electron chi connectivity index (χ3n) is 3.76. The third kappa shape index (κ3) is 6.90. The van der Waals surface area contributed by atoms with E-state index in [-0.39, 0.29) is 18.2 Å². The van der Waals surface area contributed by atoms with Gasteiger partial charge in [0.2, 0.25) is 5.88 Å². The number of benzene rings is 1. The van der Waals surface area contributed by atoms with Gasteiger partial charge in [0.15, 0.2) is 0 Å². The molecule has 0 saturated heterocycles. The van der Waals surface area contributed by atoms with E-state index in [1.54, 1.807) is 0 Å². The van der Waals surface area contributed by atoms with Gasteiger partial charge < -0.3 is 15.2 Å². The molecular weight excluding hydrogens is 377 g/mol. The van der Waals surface area contributed by atoms with Crippen molar-refractivity contribution in [3.63, 3.8) is 0 Å². The average Bonchev–Trinajstić information content (AvgIpc) is 2.64. The Balaban J connectivity index is 1.80. The minimum absolute atomic E-state index is 0.00608. The topological polar surface area (TPSA) is 88.5 Å². The molecule has 0 radical (unpaired) electrons. The van der Waals surface area contributed by atoms with Gasteiger partial charge in [0.05, 0.1) is 5.56 Å². The Kier molecular flexibility index (Phi) is 7.36. The highest BCUT2D eigenvalue weighted by Crippen LogP contribution is 2.30. The quantitative estimate of drug-likeness (QED) is 0.618. The Labute approximate surface area is 159 Å². The van der Waals surface area contributed by atoms with Crippen LogP contribution in [0.3, 0.4) is 0 Å². The molecular formula is C19H19F3N2O4. The second kappa shape index (κ2) is 9.72. The Morgan fingerprint density at radius 1 is 1.04 bits per heavy atom. The Hall–Kier alpha value is -3.10. The largest absolute Gasteiger partial charge is 0.481 e. The molecule has 0 bridgehead atoms. The van der Waals surface area contributed by atoms with Gasteiger partial charge >= 0.3 is 12.1 Å². The Morgan fingerprint density at radius 3 is 2.32 bits per heavy atom. The van der Waals surface area contributed by atoms with Crippen LogP contribution in [0.15, 0.2) is 42.6 Å². The van der Waals surface area contributed by atoms with Crippen LogP contribution in [-0.4, -0.2) is 28.5 Å². The van der Waals surface area contributed by atoms with Crippen LogP contribution < -0.4 is 10.1 Å². The van der Waals surface area contributed by atoms with E-state index in [0.717, 1.165) is 12.1 Å². The number of hydrogen-bond acceptors (Lipinski definition) is 4. The van der Waals surface area contributed by atoms with Crippen molar-refractivity contribution in [1.82, 2.24) is 10.3 Å². The van der Waals surface area contributed by atoms with Crippen LogP contribution in [0.2, 0.25) is 0 Å². The van der Waals surface area contributed by atoms with E-state index in [1.165, 1.54) is 24.3 Å². The first-order valence-corrected chi connectivity index (χ1v) is 8.57. The molecule has 0 fully saturated rings. The molecule has 1 aromatic heterocycles. The lowest BCUT2D eigenvalue weighted by Crippen LogP contribution is -2.24. The standard InChI is InChI=1S/C19H19F3N2O4/c20-19(21,22)14-7-10-16(24-12-14)28-15-8-5-13(6-9-15)18(27)23-11-3-1-2-4-17(25)26/h5-10,12H,1-4,11H2,(H,23,27)(H,25,26). The van der Waals surface area contributed by atoms with Gasteiger partial charge in [-0.1, -0.05) is 6.42 Å². The highest BCUT2D eigenvalue weighted by Gasteiger charge is 2.30. The van der Waals surface area contributed by atoms with Crippen LogP contribution in [0.25, 0.3) is 0 Å². The van der Waals surface area contributed by atoms with E-state index >= 15 is 0 Å². The second-order valence-electron chi connectivity index (χ2n) is 5.97. The van der Waals surface area contributed by atoms with Crippen molar-refractivity contribution in [3.8, 4) is 11.6 Å². The van der Waals surface area contributed by atoms with E-state index in [0.29, 0.717) is 43.3 Å². The number of amides is 1. The molecule has 0 aliphatic heterocycles. The number of carboxylic acids is 1. The number of ether oxygens (including phenoxy) is 1. The minimum Gasteiger partial charge on any atom is -0.481 e. The van der Waals surface area contributed by atoms with Crippen molar-refractivity contribution in [2.24, 2.45) is 0 Å². The molecule has 0 spiro atoms. The number of nitrogens with one attached hydrogen (secondary N) is 1. The maximum atomic E-state index is 12.5. The van der Waals surface area contributed by atoms with Crippen molar-refractivity contribution >= 4 is 11.9 Å². The highest BCUT2D eigenvalue weighted by atomic mass is 19.4. The molecule has 0 aliphatic rings. The van der Waals surface area contributed by atoms with Crippen molar-refractivity contribution in [2.75, 3.05) is 6.54 Å². The van der Waals surface area contributed by atoms with Crippen LogP contribution >= 0.6 is 0 Å². The predicted octanol–water partition coefficient (Wildman–Crippen LogP) is 4.27. The second-order valence-corrected chi connectivity index (χ2v) is 5.97. The van der Waals surface area contributed by atoms with Gasteiger partial charge in [0.25, 0.3) is 5.91 Å². The average molecular weight is 396 g/mol. The molecule has 28 heavy (non-hydrogen) atoms. The van der Waals surface area contributed by atoms with Gasteiger partial charge in [0, 0.05) is 30.8 Å². The summed E-state index contributed by atoms with van der Waals surface area (Å²) < 4.78 is 42.9. The van der Waals surface area contributed by atoms with Crippen LogP contribution in [0, 0.1) is 0 Å². The third-order valence-corrected chi connectivity index (χ3v) is 3.76. The summed E-state index contributed by atoms with van der Waals surface area (Å²) in [4.78, 5) is 26.0. The molecule has 150 valence electrons. The summed E-state index contributed by atoms with van der Waals surface area (Å²) in [6.45, 7) is 0.437. The first-order chi connectivity index (χ1) is 13.3. The number of unbranched alkanes of at least 4 members (excludes halogenated alkanes) is 2. The summed E-state index contributed by atoms with van der Waals surface area (Å²) in [5.74, 6) is -0.778. The van der Waals surface area contributed by atoms with Gasteiger partial charge in [0.1, 0.15) is 5.75 Å². The summed E-state index contributed by atoms with van der Waals surface area (Å²) in [5.41, 5.74) is -0.465. The molecule has 1 aromatic carbocycles. The van der Waals surface area contributed by atoms with Crippen molar-refractivity contribution < 1.29 is 32.6 Å². The van der Waals surface area contributed by atoms with Crippen molar-refractivity contribution in [3.05, 3.63) is 53.7 Å². The van der Waals surface area contributed by atoms with Crippen LogP contribution in [0.1, 0.15) is 41.6 Å². The van der Waals surface area contributed by atoms with E-state index in [4.69, 9.17) is 9.84 Å². The number of aromatic nitrogens is 1. The van der Waals surface area contributed by atoms with Gasteiger partial charge in [-0.2, -0.15) is 13.2 Å². The number of halogens is 3. The molecule has 2 aromatic rings. The summed E-state index contributed by atoms with van der Waals surface area (Å²) in [6, 6.07) is 8.08. The number of aliphatic carboxylic acids is 1. The fourth-order valence-electron chi connectivity index (χ4n) is 2.29. The maximum Gasteiger partial charge on any atom is 0.417 e. The summed E-state index contributed by atoms with van der Waals surface area (Å²) >= 11 is 0. The molecule has 9 heteroatoms. The first kappa shape index (κ1) is 21.2. The number of carbonyl (C=O) groups is 2. The maximum absolute atomic E-state index is 12.5. The lowest BCUT2D eigenvalue weighted by Gasteiger charge is -2.09. The molecule has 0 saturated carbocycles. The van der Waals surface area contributed by atoms with E-state index in [1.807, 2.05) is 0 Å². The number of nitrogens with zero attached hydrogens (tertiary/aromatic N) is 1. The van der Waals surface area contributed by atoms with Gasteiger partial charge in [-0.05, 0) is 43.2 Å². The zero-order valence-electron chi connectivity index (χ0n) is 14.8. The molecule has 0 aliphatic carbocycles. The number of alkyl halides is 3. The van der Waals surface area contributed by atoms with E-state index in [2.05, 4.69) is 10.3 Å². The molecule has 1 amide bonds. The normalized spacial score (nSPS) is 11.1. The van der Waals surface area contributed by atoms with Crippen molar-refractivity contribution in [2.45, 2.75) is 31.9 Å².